The second-order valence-corrected chi connectivity index (χ2v) is 4.93. The van der Waals surface area contributed by atoms with Crippen molar-refractivity contribution in [1.82, 2.24) is 4.90 Å². The summed E-state index contributed by atoms with van der Waals surface area (Å²) in [7, 11) is 1.83. The van der Waals surface area contributed by atoms with E-state index in [-0.39, 0.29) is 6.42 Å². The molecular formula is C12H23NO4. The Morgan fingerprint density at radius 3 is 2.24 bits per heavy atom. The van der Waals surface area contributed by atoms with Crippen LogP contribution in [0, 0.1) is 11.8 Å². The molecule has 0 aliphatic heterocycles. The van der Waals surface area contributed by atoms with Gasteiger partial charge in [-0.25, -0.2) is 0 Å². The van der Waals surface area contributed by atoms with Crippen LogP contribution in [0.25, 0.3) is 0 Å². The monoisotopic (exact) mass is 245 g/mol. The minimum absolute atomic E-state index is 0.291. The highest BCUT2D eigenvalue weighted by Gasteiger charge is 2.22. The van der Waals surface area contributed by atoms with Gasteiger partial charge < -0.3 is 15.1 Å². The molecule has 0 aliphatic carbocycles. The van der Waals surface area contributed by atoms with Crippen molar-refractivity contribution in [2.45, 2.75) is 33.1 Å². The highest BCUT2D eigenvalue weighted by Crippen LogP contribution is 2.08. The maximum absolute atomic E-state index is 10.9. The lowest BCUT2D eigenvalue weighted by Crippen LogP contribution is -2.32. The van der Waals surface area contributed by atoms with Gasteiger partial charge in [-0.1, -0.05) is 13.8 Å². The van der Waals surface area contributed by atoms with Gasteiger partial charge >= 0.3 is 11.9 Å². The van der Waals surface area contributed by atoms with E-state index in [2.05, 4.69) is 13.8 Å². The molecule has 0 fully saturated rings. The van der Waals surface area contributed by atoms with Crippen molar-refractivity contribution >= 4 is 11.9 Å². The molecule has 1 unspecified atom stereocenters. The predicted molar refractivity (Wildman–Crippen MR) is 64.9 cm³/mol. The normalized spacial score (nSPS) is 13.0. The summed E-state index contributed by atoms with van der Waals surface area (Å²) in [6.45, 7) is 5.39. The van der Waals surface area contributed by atoms with Crippen molar-refractivity contribution < 1.29 is 19.8 Å². The Hall–Kier alpha value is -1.10. The standard InChI is InChI=1S/C12H23NO4/c1-9(2)5-4-6-13(3)8-10(12(16)17)7-11(14)15/h9-10H,4-8H2,1-3H3,(H,14,15)(H,16,17). The van der Waals surface area contributed by atoms with Crippen LogP contribution in [0.2, 0.25) is 0 Å². The van der Waals surface area contributed by atoms with E-state index >= 15 is 0 Å². The molecule has 0 saturated carbocycles. The molecule has 100 valence electrons. The molecule has 5 nitrogen and oxygen atoms in total. The molecule has 0 amide bonds. The van der Waals surface area contributed by atoms with Gasteiger partial charge in [0.2, 0.25) is 0 Å². The molecular weight excluding hydrogens is 222 g/mol. The van der Waals surface area contributed by atoms with E-state index in [0.717, 1.165) is 19.4 Å². The quantitative estimate of drug-likeness (QED) is 0.644. The Morgan fingerprint density at radius 2 is 1.82 bits per heavy atom. The summed E-state index contributed by atoms with van der Waals surface area (Å²) in [4.78, 5) is 23.3. The first-order valence-corrected chi connectivity index (χ1v) is 5.96. The summed E-state index contributed by atoms with van der Waals surface area (Å²) in [5.74, 6) is -2.29. The molecule has 0 radical (unpaired) electrons. The second kappa shape index (κ2) is 8.06. The molecule has 2 N–H and O–H groups in total. The van der Waals surface area contributed by atoms with Gasteiger partial charge in [0.05, 0.1) is 12.3 Å². The van der Waals surface area contributed by atoms with E-state index in [1.54, 1.807) is 0 Å². The molecule has 0 bridgehead atoms. The van der Waals surface area contributed by atoms with Crippen LogP contribution in [0.3, 0.4) is 0 Å². The van der Waals surface area contributed by atoms with Crippen LogP contribution in [0.4, 0.5) is 0 Å². The van der Waals surface area contributed by atoms with Crippen LogP contribution < -0.4 is 0 Å². The van der Waals surface area contributed by atoms with Crippen LogP contribution in [0.15, 0.2) is 0 Å². The van der Waals surface area contributed by atoms with Gasteiger partial charge in [-0.15, -0.1) is 0 Å². The smallest absolute Gasteiger partial charge is 0.308 e. The van der Waals surface area contributed by atoms with Crippen molar-refractivity contribution in [1.29, 1.82) is 0 Å². The van der Waals surface area contributed by atoms with E-state index in [9.17, 15) is 9.59 Å². The molecule has 0 aliphatic rings. The number of carboxylic acids is 2. The summed E-state index contributed by atoms with van der Waals surface area (Å²) >= 11 is 0. The summed E-state index contributed by atoms with van der Waals surface area (Å²) in [5.41, 5.74) is 0. The summed E-state index contributed by atoms with van der Waals surface area (Å²) in [5, 5.41) is 17.5. The van der Waals surface area contributed by atoms with Crippen LogP contribution in [-0.4, -0.2) is 47.2 Å². The third-order valence-electron chi connectivity index (χ3n) is 2.62. The number of carbonyl (C=O) groups is 2. The minimum Gasteiger partial charge on any atom is -0.481 e. The highest BCUT2D eigenvalue weighted by molar-refractivity contribution is 5.77. The van der Waals surface area contributed by atoms with Gasteiger partial charge in [0.15, 0.2) is 0 Å². The maximum Gasteiger partial charge on any atom is 0.308 e. The molecule has 0 rings (SSSR count). The van der Waals surface area contributed by atoms with Crippen LogP contribution in [0.1, 0.15) is 33.1 Å². The molecule has 0 spiro atoms. The first kappa shape index (κ1) is 15.9. The van der Waals surface area contributed by atoms with E-state index in [0.29, 0.717) is 12.5 Å². The number of nitrogens with zero attached hydrogens (tertiary/aromatic N) is 1. The first-order chi connectivity index (χ1) is 7.82. The molecule has 0 aromatic heterocycles. The molecule has 0 aromatic rings. The van der Waals surface area contributed by atoms with E-state index in [4.69, 9.17) is 10.2 Å². The van der Waals surface area contributed by atoms with Crippen molar-refractivity contribution in [3.05, 3.63) is 0 Å². The first-order valence-electron chi connectivity index (χ1n) is 5.96. The summed E-state index contributed by atoms with van der Waals surface area (Å²) in [6.07, 6.45) is 1.79. The van der Waals surface area contributed by atoms with E-state index in [1.807, 2.05) is 11.9 Å². The fraction of sp³-hybridized carbons (Fsp3) is 0.833. The maximum atomic E-state index is 10.9. The highest BCUT2D eigenvalue weighted by atomic mass is 16.4. The number of hydrogen-bond acceptors (Lipinski definition) is 3. The minimum atomic E-state index is -1.06. The zero-order valence-electron chi connectivity index (χ0n) is 10.8. The lowest BCUT2D eigenvalue weighted by Gasteiger charge is -2.20. The van der Waals surface area contributed by atoms with Crippen LogP contribution in [0.5, 0.6) is 0 Å². The van der Waals surface area contributed by atoms with E-state index in [1.165, 1.54) is 0 Å². The number of hydrogen-bond donors (Lipinski definition) is 2. The zero-order chi connectivity index (χ0) is 13.4. The molecule has 5 heteroatoms. The Kier molecular flexibility index (Phi) is 7.54. The Balaban J connectivity index is 3.99. The third-order valence-corrected chi connectivity index (χ3v) is 2.62. The lowest BCUT2D eigenvalue weighted by atomic mass is 10.0. The van der Waals surface area contributed by atoms with Crippen molar-refractivity contribution in [2.75, 3.05) is 20.1 Å². The van der Waals surface area contributed by atoms with Crippen LogP contribution in [-0.2, 0) is 9.59 Å². The second-order valence-electron chi connectivity index (χ2n) is 4.93. The van der Waals surface area contributed by atoms with Gasteiger partial charge in [0, 0.05) is 6.54 Å². The summed E-state index contributed by atoms with van der Waals surface area (Å²) < 4.78 is 0. The number of carboxylic acid groups (broad SMARTS) is 2. The summed E-state index contributed by atoms with van der Waals surface area (Å²) in [6, 6.07) is 0. The molecule has 0 heterocycles. The third kappa shape index (κ3) is 8.68. The molecule has 0 saturated heterocycles. The fourth-order valence-corrected chi connectivity index (χ4v) is 1.68. The molecule has 1 atom stereocenters. The van der Waals surface area contributed by atoms with Crippen LogP contribution >= 0.6 is 0 Å². The van der Waals surface area contributed by atoms with Crippen molar-refractivity contribution in [2.24, 2.45) is 11.8 Å². The fourth-order valence-electron chi connectivity index (χ4n) is 1.68. The molecule has 17 heavy (non-hydrogen) atoms. The van der Waals surface area contributed by atoms with Gasteiger partial charge in [-0.05, 0) is 32.4 Å². The van der Waals surface area contributed by atoms with Gasteiger partial charge in [0.1, 0.15) is 0 Å². The van der Waals surface area contributed by atoms with Gasteiger partial charge in [0.25, 0.3) is 0 Å². The largest absolute Gasteiger partial charge is 0.481 e. The van der Waals surface area contributed by atoms with Crippen molar-refractivity contribution in [3.8, 4) is 0 Å². The molecule has 0 aromatic carbocycles. The average molecular weight is 245 g/mol. The SMILES string of the molecule is CC(C)CCCN(C)CC(CC(=O)O)C(=O)O. The Labute approximate surface area is 102 Å². The zero-order valence-corrected chi connectivity index (χ0v) is 10.8. The van der Waals surface area contributed by atoms with E-state index < -0.39 is 17.9 Å². The number of rotatable bonds is 9. The topological polar surface area (TPSA) is 77.8 Å². The van der Waals surface area contributed by atoms with Crippen molar-refractivity contribution in [3.63, 3.8) is 0 Å². The Morgan fingerprint density at radius 1 is 1.24 bits per heavy atom. The Bertz CT molecular complexity index is 253. The number of aliphatic carboxylic acids is 2. The van der Waals surface area contributed by atoms with Gasteiger partial charge in [-0.2, -0.15) is 0 Å². The van der Waals surface area contributed by atoms with Gasteiger partial charge in [-0.3, -0.25) is 9.59 Å². The average Bonchev–Trinajstić information content (AvgIpc) is 2.15. The predicted octanol–water partition coefficient (Wildman–Crippen LogP) is 1.53. The lowest BCUT2D eigenvalue weighted by molar-refractivity contribution is -0.148.